The fourth-order valence-electron chi connectivity index (χ4n) is 3.87. The van der Waals surface area contributed by atoms with Crippen molar-refractivity contribution in [3.8, 4) is 0 Å². The Kier molecular flexibility index (Phi) is 6.11. The van der Waals surface area contributed by atoms with Crippen molar-refractivity contribution in [1.29, 1.82) is 0 Å². The largest absolute Gasteiger partial charge is 0.383 e. The second-order valence-corrected chi connectivity index (χ2v) is 12.5. The molecular formula is C20H30N4O5S2. The highest BCUT2D eigenvalue weighted by molar-refractivity contribution is 7.94. The topological polar surface area (TPSA) is 123 Å². The van der Waals surface area contributed by atoms with Crippen LogP contribution in [0.4, 0.5) is 0 Å². The molecule has 31 heavy (non-hydrogen) atoms. The lowest BCUT2D eigenvalue weighted by molar-refractivity contribution is -0.122. The van der Waals surface area contributed by atoms with Crippen LogP contribution < -0.4 is 5.32 Å². The summed E-state index contributed by atoms with van der Waals surface area (Å²) >= 11 is 1.29. The minimum atomic E-state index is -3.91. The number of nitrogens with one attached hydrogen (secondary N) is 1. The summed E-state index contributed by atoms with van der Waals surface area (Å²) in [5.74, 6) is -0.560. The first kappa shape index (κ1) is 23.8. The summed E-state index contributed by atoms with van der Waals surface area (Å²) in [4.78, 5) is 17.6. The number of amides is 1. The lowest BCUT2D eigenvalue weighted by atomic mass is 9.93. The number of fused-ring (bicyclic) bond motifs is 1. The van der Waals surface area contributed by atoms with E-state index in [0.717, 1.165) is 11.3 Å². The van der Waals surface area contributed by atoms with Gasteiger partial charge in [-0.15, -0.1) is 0 Å². The lowest BCUT2D eigenvalue weighted by Gasteiger charge is -2.35. The molecule has 2 aromatic rings. The molecule has 0 radical (unpaired) electrons. The van der Waals surface area contributed by atoms with E-state index in [0.29, 0.717) is 22.1 Å². The number of aromatic nitrogens is 3. The second-order valence-electron chi connectivity index (χ2n) is 8.82. The van der Waals surface area contributed by atoms with Crippen molar-refractivity contribution >= 4 is 37.6 Å². The van der Waals surface area contributed by atoms with Crippen molar-refractivity contribution in [2.75, 3.05) is 14.2 Å². The van der Waals surface area contributed by atoms with Crippen molar-refractivity contribution in [3.63, 3.8) is 0 Å². The number of carbonyl (C=O) groups excluding carboxylic acids is 1. The first-order valence-electron chi connectivity index (χ1n) is 10.0. The highest BCUT2D eigenvalue weighted by Gasteiger charge is 2.50. The predicted molar refractivity (Wildman–Crippen MR) is 120 cm³/mol. The summed E-state index contributed by atoms with van der Waals surface area (Å²) in [5.41, 5.74) is 1.12. The second kappa shape index (κ2) is 7.95. The smallest absolute Gasteiger partial charge is 0.240 e. The molecule has 0 fully saturated rings. The van der Waals surface area contributed by atoms with Crippen LogP contribution in [0.5, 0.6) is 0 Å². The quantitative estimate of drug-likeness (QED) is 0.660. The van der Waals surface area contributed by atoms with Gasteiger partial charge >= 0.3 is 0 Å². The molecule has 2 unspecified atom stereocenters. The number of methoxy groups -OCH3 is 1. The van der Waals surface area contributed by atoms with Gasteiger partial charge in [-0.1, -0.05) is 17.4 Å². The Morgan fingerprint density at radius 1 is 1.35 bits per heavy atom. The van der Waals surface area contributed by atoms with Gasteiger partial charge < -0.3 is 15.2 Å². The van der Waals surface area contributed by atoms with Gasteiger partial charge in [0.05, 0.1) is 22.7 Å². The number of allylic oxidation sites excluding steroid dienone is 1. The van der Waals surface area contributed by atoms with Crippen LogP contribution in [-0.4, -0.2) is 64.3 Å². The van der Waals surface area contributed by atoms with Gasteiger partial charge in [0.1, 0.15) is 15.4 Å². The fourth-order valence-corrected chi connectivity index (χ4v) is 6.95. The summed E-state index contributed by atoms with van der Waals surface area (Å²) in [7, 11) is -0.999. The molecule has 1 aliphatic rings. The SMILES string of the molecule is CNC(=O)C(C)(C)S(=O)(=O)C1CC(c2c(C)nc3sc(C(C)(C)O)nn23)=CCC1OC. The van der Waals surface area contributed by atoms with E-state index >= 15 is 0 Å². The Labute approximate surface area is 186 Å². The van der Waals surface area contributed by atoms with Gasteiger partial charge in [0.25, 0.3) is 0 Å². The number of ether oxygens (including phenoxy) is 1. The molecule has 0 aliphatic heterocycles. The number of hydrogen-bond acceptors (Lipinski definition) is 8. The lowest BCUT2D eigenvalue weighted by Crippen LogP contribution is -2.54. The van der Waals surface area contributed by atoms with Crippen LogP contribution >= 0.6 is 11.3 Å². The molecule has 1 aliphatic carbocycles. The van der Waals surface area contributed by atoms with Gasteiger partial charge in [-0.3, -0.25) is 4.79 Å². The molecule has 2 N–H and O–H groups in total. The Balaban J connectivity index is 2.08. The van der Waals surface area contributed by atoms with Crippen molar-refractivity contribution < 1.29 is 23.1 Å². The third kappa shape index (κ3) is 3.92. The van der Waals surface area contributed by atoms with Gasteiger partial charge in [-0.05, 0) is 53.0 Å². The van der Waals surface area contributed by atoms with E-state index in [-0.39, 0.29) is 6.42 Å². The zero-order chi connectivity index (χ0) is 23.4. The first-order chi connectivity index (χ1) is 14.3. The third-order valence-electron chi connectivity index (χ3n) is 5.82. The number of carbonyl (C=O) groups is 1. The molecular weight excluding hydrogens is 440 g/mol. The summed E-state index contributed by atoms with van der Waals surface area (Å²) in [6.07, 6.45) is 1.94. The molecule has 2 heterocycles. The zero-order valence-electron chi connectivity index (χ0n) is 18.9. The highest BCUT2D eigenvalue weighted by Crippen LogP contribution is 2.38. The van der Waals surface area contributed by atoms with Gasteiger partial charge in [-0.25, -0.2) is 17.9 Å². The van der Waals surface area contributed by atoms with E-state index in [1.165, 1.54) is 39.3 Å². The third-order valence-corrected chi connectivity index (χ3v) is 9.92. The van der Waals surface area contributed by atoms with Gasteiger partial charge in [0.15, 0.2) is 9.84 Å². The van der Waals surface area contributed by atoms with Crippen molar-refractivity contribution in [3.05, 3.63) is 22.5 Å². The molecule has 2 aromatic heterocycles. The average molecular weight is 471 g/mol. The van der Waals surface area contributed by atoms with E-state index < -0.39 is 37.4 Å². The van der Waals surface area contributed by atoms with Gasteiger partial charge in [-0.2, -0.15) is 5.10 Å². The molecule has 0 bridgehead atoms. The summed E-state index contributed by atoms with van der Waals surface area (Å²) in [6.45, 7) is 8.00. The van der Waals surface area contributed by atoms with Crippen molar-refractivity contribution in [1.82, 2.24) is 19.9 Å². The van der Waals surface area contributed by atoms with Crippen LogP contribution in [0.3, 0.4) is 0 Å². The van der Waals surface area contributed by atoms with Crippen LogP contribution in [0.1, 0.15) is 56.9 Å². The standard InChI is InChI=1S/C20H30N4O5S2/c1-11-15(24-18(22-11)30-17(23-24)19(2,3)26)12-8-9-13(29-7)14(10-12)31(27,28)20(4,5)16(25)21-6/h8,13-14,26H,9-10H2,1-7H3,(H,21,25). The van der Waals surface area contributed by atoms with Crippen LogP contribution in [0.25, 0.3) is 10.5 Å². The number of nitrogens with zero attached hydrogens (tertiary/aromatic N) is 3. The highest BCUT2D eigenvalue weighted by atomic mass is 32.2. The molecule has 172 valence electrons. The monoisotopic (exact) mass is 470 g/mol. The molecule has 3 rings (SSSR count). The van der Waals surface area contributed by atoms with Crippen LogP contribution in [-0.2, 0) is 25.0 Å². The van der Waals surface area contributed by atoms with Crippen LogP contribution in [0.2, 0.25) is 0 Å². The minimum Gasteiger partial charge on any atom is -0.383 e. The molecule has 11 heteroatoms. The summed E-state index contributed by atoms with van der Waals surface area (Å²) in [5, 5.41) is 16.9. The van der Waals surface area contributed by atoms with E-state index in [1.807, 2.05) is 13.0 Å². The maximum absolute atomic E-state index is 13.5. The Bertz CT molecular complexity index is 1140. The average Bonchev–Trinajstić information content (AvgIpc) is 3.23. The van der Waals surface area contributed by atoms with E-state index in [2.05, 4.69) is 15.4 Å². The molecule has 0 spiro atoms. The number of aliphatic hydroxyl groups is 1. The Hall–Kier alpha value is -1.82. The number of sulfone groups is 1. The van der Waals surface area contributed by atoms with E-state index in [1.54, 1.807) is 18.4 Å². The summed E-state index contributed by atoms with van der Waals surface area (Å²) < 4.78 is 32.6. The molecule has 9 nitrogen and oxygen atoms in total. The molecule has 0 aromatic carbocycles. The Morgan fingerprint density at radius 2 is 2.00 bits per heavy atom. The number of hydrogen-bond donors (Lipinski definition) is 2. The van der Waals surface area contributed by atoms with Crippen LogP contribution in [0.15, 0.2) is 6.08 Å². The van der Waals surface area contributed by atoms with Crippen LogP contribution in [0, 0.1) is 6.92 Å². The number of rotatable bonds is 6. The van der Waals surface area contributed by atoms with Crippen molar-refractivity contribution in [2.24, 2.45) is 0 Å². The zero-order valence-corrected chi connectivity index (χ0v) is 20.5. The molecule has 1 amide bonds. The Morgan fingerprint density at radius 3 is 2.55 bits per heavy atom. The van der Waals surface area contributed by atoms with Gasteiger partial charge in [0, 0.05) is 14.2 Å². The van der Waals surface area contributed by atoms with E-state index in [9.17, 15) is 18.3 Å². The maximum atomic E-state index is 13.5. The minimum absolute atomic E-state index is 0.172. The van der Waals surface area contributed by atoms with Gasteiger partial charge in [0.2, 0.25) is 10.9 Å². The molecule has 0 saturated carbocycles. The fraction of sp³-hybridized carbons (Fsp3) is 0.650. The maximum Gasteiger partial charge on any atom is 0.240 e. The predicted octanol–water partition coefficient (Wildman–Crippen LogP) is 1.83. The number of aryl methyl sites for hydroxylation is 1. The normalized spacial score (nSPS) is 20.7. The number of imidazole rings is 1. The molecule has 0 saturated heterocycles. The van der Waals surface area contributed by atoms with E-state index in [4.69, 9.17) is 4.74 Å². The first-order valence-corrected chi connectivity index (χ1v) is 12.4. The summed E-state index contributed by atoms with van der Waals surface area (Å²) in [6, 6.07) is 0. The van der Waals surface area contributed by atoms with Crippen molar-refractivity contribution in [2.45, 2.75) is 69.2 Å². The molecule has 2 atom stereocenters.